The van der Waals surface area contributed by atoms with E-state index in [-0.39, 0.29) is 0 Å². The van der Waals surface area contributed by atoms with Crippen molar-refractivity contribution in [1.82, 2.24) is 4.57 Å². The van der Waals surface area contributed by atoms with Gasteiger partial charge in [-0.1, -0.05) is 130 Å². The van der Waals surface area contributed by atoms with Crippen molar-refractivity contribution in [2.24, 2.45) is 0 Å². The van der Waals surface area contributed by atoms with Crippen molar-refractivity contribution in [2.45, 2.75) is 175 Å². The fraction of sp³-hybridized carbons (Fsp3) is 0.900. The van der Waals surface area contributed by atoms with E-state index in [1.807, 2.05) is 0 Å². The molecule has 0 aliphatic carbocycles. The van der Waals surface area contributed by atoms with Gasteiger partial charge >= 0.3 is 0 Å². The third-order valence-electron chi connectivity index (χ3n) is 7.16. The maximum atomic E-state index is 2.52. The molecule has 1 aromatic heterocycles. The Morgan fingerprint density at radius 3 is 1.38 bits per heavy atom. The van der Waals surface area contributed by atoms with Crippen molar-refractivity contribution in [3.63, 3.8) is 0 Å². The van der Waals surface area contributed by atoms with Crippen molar-refractivity contribution < 1.29 is 4.57 Å². The topological polar surface area (TPSA) is 8.81 Å². The zero-order valence-corrected chi connectivity index (χ0v) is 22.5. The van der Waals surface area contributed by atoms with E-state index in [0.717, 1.165) is 6.42 Å². The summed E-state index contributed by atoms with van der Waals surface area (Å²) in [4.78, 5) is 0. The van der Waals surface area contributed by atoms with Crippen LogP contribution < -0.4 is 4.57 Å². The molecule has 0 fully saturated rings. The number of rotatable bonds is 24. The molecular formula is C30H59N2+. The van der Waals surface area contributed by atoms with Gasteiger partial charge in [-0.05, 0) is 25.7 Å². The minimum absolute atomic E-state index is 1.15. The first-order chi connectivity index (χ1) is 15.8. The molecule has 0 radical (unpaired) electrons. The largest absolute Gasteiger partial charge is 0.256 e. The predicted molar refractivity (Wildman–Crippen MR) is 142 cm³/mol. The average Bonchev–Trinajstić information content (AvgIpc) is 3.20. The van der Waals surface area contributed by atoms with Gasteiger partial charge in [-0.25, -0.2) is 9.13 Å². The lowest BCUT2D eigenvalue weighted by molar-refractivity contribution is -0.704. The molecule has 0 aromatic carbocycles. The number of unbranched alkanes of at least 4 members (excludes halogenated alkanes) is 19. The molecule has 0 N–H and O–H groups in total. The van der Waals surface area contributed by atoms with Gasteiger partial charge in [-0.15, -0.1) is 0 Å². The molecule has 1 heterocycles. The second kappa shape index (κ2) is 22.0. The number of nitrogens with zero attached hydrogens (tertiary/aromatic N) is 2. The molecule has 0 aliphatic heterocycles. The first-order valence-corrected chi connectivity index (χ1v) is 14.9. The summed E-state index contributed by atoms with van der Waals surface area (Å²) in [6.45, 7) is 9.33. The Balaban J connectivity index is 1.94. The number of imidazole rings is 1. The van der Waals surface area contributed by atoms with Gasteiger partial charge in [0, 0.05) is 6.42 Å². The van der Waals surface area contributed by atoms with E-state index >= 15 is 0 Å². The summed E-state index contributed by atoms with van der Waals surface area (Å²) >= 11 is 0. The Bertz CT molecular complexity index is 505. The van der Waals surface area contributed by atoms with Gasteiger partial charge < -0.3 is 0 Å². The van der Waals surface area contributed by atoms with Crippen LogP contribution in [0.3, 0.4) is 0 Å². The average molecular weight is 448 g/mol. The highest BCUT2D eigenvalue weighted by Crippen LogP contribution is 2.14. The summed E-state index contributed by atoms with van der Waals surface area (Å²) in [6, 6.07) is 0. The Morgan fingerprint density at radius 1 is 0.531 bits per heavy atom. The number of hydrogen-bond donors (Lipinski definition) is 0. The fourth-order valence-electron chi connectivity index (χ4n) is 5.03. The van der Waals surface area contributed by atoms with Crippen LogP contribution in [0.15, 0.2) is 12.4 Å². The van der Waals surface area contributed by atoms with E-state index in [0.29, 0.717) is 0 Å². The molecule has 0 amide bonds. The second-order valence-electron chi connectivity index (χ2n) is 10.2. The molecule has 188 valence electrons. The minimum atomic E-state index is 1.15. The van der Waals surface area contributed by atoms with Crippen LogP contribution in [0.2, 0.25) is 0 Å². The lowest BCUT2D eigenvalue weighted by atomic mass is 10.0. The highest BCUT2D eigenvalue weighted by molar-refractivity contribution is 4.83. The summed E-state index contributed by atoms with van der Waals surface area (Å²) in [5.74, 6) is 1.53. The van der Waals surface area contributed by atoms with E-state index in [9.17, 15) is 0 Å². The SMILES string of the molecule is CCCCCCCCCCCCCCCCCCn1cc[n+](CCCCCCC)c1CC. The first kappa shape index (κ1) is 29.2. The van der Waals surface area contributed by atoms with Gasteiger partial charge in [0.2, 0.25) is 0 Å². The summed E-state index contributed by atoms with van der Waals surface area (Å²) in [5.41, 5.74) is 0. The smallest absolute Gasteiger partial charge is 0.234 e. The van der Waals surface area contributed by atoms with Crippen molar-refractivity contribution in [1.29, 1.82) is 0 Å². The Hall–Kier alpha value is -0.790. The van der Waals surface area contributed by atoms with Crippen LogP contribution in [0.5, 0.6) is 0 Å². The highest BCUT2D eigenvalue weighted by atomic mass is 15.1. The van der Waals surface area contributed by atoms with Crippen LogP contribution in [0.4, 0.5) is 0 Å². The van der Waals surface area contributed by atoms with E-state index in [1.54, 1.807) is 0 Å². The van der Waals surface area contributed by atoms with E-state index in [1.165, 1.54) is 154 Å². The third kappa shape index (κ3) is 15.1. The normalized spacial score (nSPS) is 11.5. The Kier molecular flexibility index (Phi) is 20.1. The summed E-state index contributed by atoms with van der Waals surface area (Å²) in [5, 5.41) is 0. The highest BCUT2D eigenvalue weighted by Gasteiger charge is 2.14. The van der Waals surface area contributed by atoms with Gasteiger partial charge in [0.1, 0.15) is 12.4 Å². The van der Waals surface area contributed by atoms with Crippen LogP contribution in [0.25, 0.3) is 0 Å². The van der Waals surface area contributed by atoms with Gasteiger partial charge in [0.05, 0.1) is 13.1 Å². The standard InChI is InChI=1S/C30H59N2/c1-4-7-9-11-12-13-14-15-16-17-18-19-20-21-23-25-27-32-29-28-31(30(32)6-3)26-24-22-10-8-5-2/h28-29H,4-27H2,1-3H3/q+1. The molecule has 32 heavy (non-hydrogen) atoms. The van der Waals surface area contributed by atoms with E-state index in [4.69, 9.17) is 0 Å². The molecule has 0 spiro atoms. The number of hydrogen-bond acceptors (Lipinski definition) is 0. The monoisotopic (exact) mass is 447 g/mol. The Morgan fingerprint density at radius 2 is 0.938 bits per heavy atom. The summed E-state index contributed by atoms with van der Waals surface area (Å²) in [6.07, 6.45) is 35.8. The number of aryl methyl sites for hydroxylation is 2. The van der Waals surface area contributed by atoms with Crippen molar-refractivity contribution >= 4 is 0 Å². The van der Waals surface area contributed by atoms with E-state index in [2.05, 4.69) is 42.3 Å². The van der Waals surface area contributed by atoms with Crippen molar-refractivity contribution in [3.8, 4) is 0 Å². The summed E-state index contributed by atoms with van der Waals surface area (Å²) < 4.78 is 5.04. The quantitative estimate of drug-likeness (QED) is 0.110. The Labute approximate surface area is 202 Å². The lowest BCUT2D eigenvalue weighted by Gasteiger charge is -2.05. The molecule has 0 aliphatic rings. The number of aromatic nitrogens is 2. The fourth-order valence-corrected chi connectivity index (χ4v) is 5.03. The maximum Gasteiger partial charge on any atom is 0.256 e. The predicted octanol–water partition coefficient (Wildman–Crippen LogP) is 9.57. The molecule has 0 atom stereocenters. The van der Waals surface area contributed by atoms with Crippen LogP contribution >= 0.6 is 0 Å². The molecule has 2 heteroatoms. The van der Waals surface area contributed by atoms with Crippen LogP contribution in [-0.2, 0) is 19.5 Å². The first-order valence-electron chi connectivity index (χ1n) is 14.9. The maximum absolute atomic E-state index is 2.52. The lowest BCUT2D eigenvalue weighted by Crippen LogP contribution is -2.37. The van der Waals surface area contributed by atoms with Gasteiger partial charge in [-0.2, -0.15) is 0 Å². The van der Waals surface area contributed by atoms with Crippen LogP contribution in [0, 0.1) is 0 Å². The zero-order chi connectivity index (χ0) is 23.1. The van der Waals surface area contributed by atoms with Gasteiger partial charge in [0.25, 0.3) is 5.82 Å². The van der Waals surface area contributed by atoms with Crippen molar-refractivity contribution in [2.75, 3.05) is 0 Å². The summed E-state index contributed by atoms with van der Waals surface area (Å²) in [7, 11) is 0. The van der Waals surface area contributed by atoms with Crippen molar-refractivity contribution in [3.05, 3.63) is 18.2 Å². The molecule has 1 aromatic rings. The molecule has 0 unspecified atom stereocenters. The van der Waals surface area contributed by atoms with E-state index < -0.39 is 0 Å². The minimum Gasteiger partial charge on any atom is -0.234 e. The third-order valence-corrected chi connectivity index (χ3v) is 7.16. The molecule has 0 bridgehead atoms. The van der Waals surface area contributed by atoms with Gasteiger partial charge in [-0.3, -0.25) is 0 Å². The van der Waals surface area contributed by atoms with Crippen LogP contribution in [0.1, 0.15) is 161 Å². The molecule has 0 saturated heterocycles. The van der Waals surface area contributed by atoms with Crippen LogP contribution in [-0.4, -0.2) is 4.57 Å². The molecule has 0 saturated carbocycles. The molecule has 2 nitrogen and oxygen atoms in total. The van der Waals surface area contributed by atoms with Gasteiger partial charge in [0.15, 0.2) is 0 Å². The second-order valence-corrected chi connectivity index (χ2v) is 10.2. The molecular weight excluding hydrogens is 388 g/mol. The molecule has 1 rings (SSSR count). The zero-order valence-electron chi connectivity index (χ0n) is 22.5.